The molecule has 1 amide bonds. The third kappa shape index (κ3) is 4.49. The van der Waals surface area contributed by atoms with Crippen LogP contribution < -0.4 is 10.6 Å². The van der Waals surface area contributed by atoms with Gasteiger partial charge in [0.15, 0.2) is 0 Å². The van der Waals surface area contributed by atoms with Crippen molar-refractivity contribution in [1.82, 2.24) is 10.6 Å². The molecule has 1 aliphatic rings. The topological polar surface area (TPSA) is 78.4 Å². The molecule has 0 aromatic rings. The number of aliphatic carboxylic acids is 1. The van der Waals surface area contributed by atoms with Gasteiger partial charge in [0.05, 0.1) is 5.41 Å². The Balaban J connectivity index is 2.41. The Labute approximate surface area is 115 Å². The van der Waals surface area contributed by atoms with E-state index >= 15 is 0 Å². The molecule has 0 aliphatic carbocycles. The van der Waals surface area contributed by atoms with Crippen molar-refractivity contribution in [3.05, 3.63) is 0 Å². The molecule has 0 bridgehead atoms. The van der Waals surface area contributed by atoms with E-state index in [0.29, 0.717) is 25.2 Å². The number of carbonyl (C=O) groups is 2. The lowest BCUT2D eigenvalue weighted by Gasteiger charge is -2.28. The van der Waals surface area contributed by atoms with Crippen LogP contribution >= 0.6 is 0 Å². The van der Waals surface area contributed by atoms with E-state index in [1.54, 1.807) is 0 Å². The summed E-state index contributed by atoms with van der Waals surface area (Å²) in [5.74, 6) is -0.463. The molecular weight excluding hydrogens is 244 g/mol. The lowest BCUT2D eigenvalue weighted by Crippen LogP contribution is -2.43. The van der Waals surface area contributed by atoms with Crippen molar-refractivity contribution >= 4 is 11.9 Å². The number of carboxylic acid groups (broad SMARTS) is 1. The van der Waals surface area contributed by atoms with E-state index in [1.165, 1.54) is 0 Å². The van der Waals surface area contributed by atoms with Crippen LogP contribution in [0.5, 0.6) is 0 Å². The SMILES string of the molecule is CCC(CC)(CNC(=O)CC1CCCNC1)C(=O)O. The van der Waals surface area contributed by atoms with Crippen LogP contribution in [0.2, 0.25) is 0 Å². The highest BCUT2D eigenvalue weighted by Gasteiger charge is 2.35. The van der Waals surface area contributed by atoms with Gasteiger partial charge in [-0.2, -0.15) is 0 Å². The van der Waals surface area contributed by atoms with Crippen molar-refractivity contribution < 1.29 is 14.7 Å². The normalized spacial score (nSPS) is 20.0. The monoisotopic (exact) mass is 270 g/mol. The summed E-state index contributed by atoms with van der Waals surface area (Å²) in [5.41, 5.74) is -0.819. The third-order valence-corrected chi connectivity index (χ3v) is 4.30. The van der Waals surface area contributed by atoms with E-state index in [9.17, 15) is 14.7 Å². The molecule has 1 unspecified atom stereocenters. The zero-order valence-corrected chi connectivity index (χ0v) is 12.0. The fourth-order valence-corrected chi connectivity index (χ4v) is 2.58. The molecule has 5 nitrogen and oxygen atoms in total. The summed E-state index contributed by atoms with van der Waals surface area (Å²) in [4.78, 5) is 23.2. The standard InChI is InChI=1S/C14H26N2O3/c1-3-14(4-2,13(18)19)10-16-12(17)8-11-6-5-7-15-9-11/h11,15H,3-10H2,1-2H3,(H,16,17)(H,18,19). The molecule has 1 aliphatic heterocycles. The fraction of sp³-hybridized carbons (Fsp3) is 0.857. The van der Waals surface area contributed by atoms with Gasteiger partial charge in [0.1, 0.15) is 0 Å². The Bertz CT molecular complexity index is 308. The number of nitrogens with one attached hydrogen (secondary N) is 2. The molecule has 3 N–H and O–H groups in total. The molecule has 1 saturated heterocycles. The second-order valence-electron chi connectivity index (χ2n) is 5.49. The van der Waals surface area contributed by atoms with E-state index < -0.39 is 11.4 Å². The second-order valence-corrected chi connectivity index (χ2v) is 5.49. The fourth-order valence-electron chi connectivity index (χ4n) is 2.58. The van der Waals surface area contributed by atoms with Gasteiger partial charge in [0, 0.05) is 13.0 Å². The molecule has 19 heavy (non-hydrogen) atoms. The number of piperidine rings is 1. The van der Waals surface area contributed by atoms with Crippen LogP contribution in [-0.2, 0) is 9.59 Å². The summed E-state index contributed by atoms with van der Waals surface area (Å²) in [6, 6.07) is 0. The van der Waals surface area contributed by atoms with Crippen LogP contribution in [0.15, 0.2) is 0 Å². The van der Waals surface area contributed by atoms with E-state index in [4.69, 9.17) is 0 Å². The van der Waals surface area contributed by atoms with Gasteiger partial charge in [-0.15, -0.1) is 0 Å². The van der Waals surface area contributed by atoms with Gasteiger partial charge in [0.25, 0.3) is 0 Å². The molecule has 1 fully saturated rings. The van der Waals surface area contributed by atoms with Crippen molar-refractivity contribution in [2.24, 2.45) is 11.3 Å². The maximum atomic E-state index is 11.9. The average Bonchev–Trinajstić information content (AvgIpc) is 2.41. The van der Waals surface area contributed by atoms with Crippen molar-refractivity contribution in [1.29, 1.82) is 0 Å². The Morgan fingerprint density at radius 1 is 1.37 bits per heavy atom. The van der Waals surface area contributed by atoms with Gasteiger partial charge in [0.2, 0.25) is 5.91 Å². The van der Waals surface area contributed by atoms with E-state index in [0.717, 1.165) is 25.9 Å². The van der Waals surface area contributed by atoms with Crippen molar-refractivity contribution in [2.75, 3.05) is 19.6 Å². The van der Waals surface area contributed by atoms with Gasteiger partial charge in [-0.25, -0.2) is 0 Å². The first-order valence-corrected chi connectivity index (χ1v) is 7.25. The lowest BCUT2D eigenvalue weighted by molar-refractivity contribution is -0.149. The van der Waals surface area contributed by atoms with E-state index in [1.807, 2.05) is 13.8 Å². The number of rotatable bonds is 7. The third-order valence-electron chi connectivity index (χ3n) is 4.30. The Kier molecular flexibility index (Phi) is 6.28. The molecule has 0 aromatic heterocycles. The van der Waals surface area contributed by atoms with Crippen molar-refractivity contribution in [3.63, 3.8) is 0 Å². The highest BCUT2D eigenvalue weighted by atomic mass is 16.4. The van der Waals surface area contributed by atoms with Gasteiger partial charge < -0.3 is 15.7 Å². The predicted octanol–water partition coefficient (Wildman–Crippen LogP) is 1.38. The number of carbonyl (C=O) groups excluding carboxylic acids is 1. The van der Waals surface area contributed by atoms with Crippen LogP contribution in [-0.4, -0.2) is 36.6 Å². The number of hydrogen-bond acceptors (Lipinski definition) is 3. The Hall–Kier alpha value is -1.10. The summed E-state index contributed by atoms with van der Waals surface area (Å²) >= 11 is 0. The van der Waals surface area contributed by atoms with Crippen LogP contribution in [0.3, 0.4) is 0 Å². The van der Waals surface area contributed by atoms with Gasteiger partial charge >= 0.3 is 5.97 Å². The van der Waals surface area contributed by atoms with Crippen LogP contribution in [0.1, 0.15) is 46.0 Å². The van der Waals surface area contributed by atoms with Crippen LogP contribution in [0.4, 0.5) is 0 Å². The lowest BCUT2D eigenvalue weighted by atomic mass is 9.82. The maximum absolute atomic E-state index is 11.9. The summed E-state index contributed by atoms with van der Waals surface area (Å²) < 4.78 is 0. The maximum Gasteiger partial charge on any atom is 0.311 e. The molecule has 110 valence electrons. The number of hydrogen-bond donors (Lipinski definition) is 3. The molecule has 5 heteroatoms. The molecule has 0 spiro atoms. The van der Waals surface area contributed by atoms with Crippen molar-refractivity contribution in [3.8, 4) is 0 Å². The molecular formula is C14H26N2O3. The molecule has 0 radical (unpaired) electrons. The summed E-state index contributed by atoms with van der Waals surface area (Å²) in [5, 5.41) is 15.4. The Morgan fingerprint density at radius 2 is 2.05 bits per heavy atom. The minimum Gasteiger partial charge on any atom is -0.481 e. The Morgan fingerprint density at radius 3 is 2.53 bits per heavy atom. The summed E-state index contributed by atoms with van der Waals surface area (Å²) in [6.45, 7) is 5.86. The highest BCUT2D eigenvalue weighted by Crippen LogP contribution is 2.25. The zero-order chi connectivity index (χ0) is 14.3. The zero-order valence-electron chi connectivity index (χ0n) is 12.0. The van der Waals surface area contributed by atoms with Gasteiger partial charge in [-0.3, -0.25) is 9.59 Å². The van der Waals surface area contributed by atoms with Crippen LogP contribution in [0, 0.1) is 11.3 Å². The summed E-state index contributed by atoms with van der Waals surface area (Å²) in [6.07, 6.45) is 3.75. The first kappa shape index (κ1) is 16.0. The first-order valence-electron chi connectivity index (χ1n) is 7.25. The molecule has 0 aromatic carbocycles. The van der Waals surface area contributed by atoms with Crippen molar-refractivity contribution in [2.45, 2.75) is 46.0 Å². The largest absolute Gasteiger partial charge is 0.481 e. The van der Waals surface area contributed by atoms with E-state index in [2.05, 4.69) is 10.6 Å². The average molecular weight is 270 g/mol. The number of carboxylic acids is 1. The number of amides is 1. The molecule has 1 rings (SSSR count). The molecule has 1 heterocycles. The summed E-state index contributed by atoms with van der Waals surface area (Å²) in [7, 11) is 0. The van der Waals surface area contributed by atoms with Crippen LogP contribution in [0.25, 0.3) is 0 Å². The molecule has 0 saturated carbocycles. The smallest absolute Gasteiger partial charge is 0.311 e. The first-order chi connectivity index (χ1) is 9.04. The van der Waals surface area contributed by atoms with Gasteiger partial charge in [-0.05, 0) is 44.7 Å². The minimum absolute atomic E-state index is 0.0266. The van der Waals surface area contributed by atoms with E-state index in [-0.39, 0.29) is 12.5 Å². The quantitative estimate of drug-likeness (QED) is 0.653. The molecule has 1 atom stereocenters. The second kappa shape index (κ2) is 7.48. The van der Waals surface area contributed by atoms with Gasteiger partial charge in [-0.1, -0.05) is 13.8 Å². The minimum atomic E-state index is -0.822. The highest BCUT2D eigenvalue weighted by molar-refractivity contribution is 5.79. The predicted molar refractivity (Wildman–Crippen MR) is 73.9 cm³/mol.